The van der Waals surface area contributed by atoms with Crippen LogP contribution in [0, 0.1) is 23.4 Å². The lowest BCUT2D eigenvalue weighted by atomic mass is 9.84. The molecule has 0 spiro atoms. The summed E-state index contributed by atoms with van der Waals surface area (Å²) in [6.45, 7) is 7.26. The molecule has 7 heteroatoms. The first-order valence-electron chi connectivity index (χ1n) is 9.28. The highest BCUT2D eigenvalue weighted by Crippen LogP contribution is 2.29. The normalized spacial score (nSPS) is 24.4. The Bertz CT molecular complexity index is 790. The van der Waals surface area contributed by atoms with E-state index >= 15 is 0 Å². The van der Waals surface area contributed by atoms with E-state index in [0.717, 1.165) is 44.6 Å². The number of rotatable bonds is 7. The van der Waals surface area contributed by atoms with Gasteiger partial charge < -0.3 is 15.1 Å². The van der Waals surface area contributed by atoms with Gasteiger partial charge in [0, 0.05) is 54.9 Å². The van der Waals surface area contributed by atoms with Crippen LogP contribution in [-0.2, 0) is 4.79 Å². The van der Waals surface area contributed by atoms with Crippen LogP contribution in [0.1, 0.15) is 12.8 Å². The highest BCUT2D eigenvalue weighted by Gasteiger charge is 2.34. The predicted octanol–water partition coefficient (Wildman–Crippen LogP) is 3.38. The summed E-state index contributed by atoms with van der Waals surface area (Å²) in [4.78, 5) is 14.6. The fourth-order valence-corrected chi connectivity index (χ4v) is 3.83. The number of carbonyl (C=O) groups is 1. The van der Waals surface area contributed by atoms with Crippen molar-refractivity contribution in [3.05, 3.63) is 65.8 Å². The Morgan fingerprint density at radius 2 is 1.89 bits per heavy atom. The number of allylic oxidation sites excluding steroid dienone is 2. The van der Waals surface area contributed by atoms with E-state index in [1.165, 1.54) is 11.0 Å². The lowest BCUT2D eigenvalue weighted by Crippen LogP contribution is -2.55. The van der Waals surface area contributed by atoms with E-state index < -0.39 is 17.5 Å². The summed E-state index contributed by atoms with van der Waals surface area (Å²) >= 11 is 0. The minimum absolute atomic E-state index is 0.143. The second kappa shape index (κ2) is 8.65. The Balaban J connectivity index is 1.79. The molecule has 3 saturated heterocycles. The topological polar surface area (TPSA) is 35.6 Å². The molecule has 1 atom stereocenters. The van der Waals surface area contributed by atoms with Crippen molar-refractivity contribution in [3.8, 4) is 0 Å². The molecule has 3 aliphatic rings. The second-order valence-electron chi connectivity index (χ2n) is 7.28. The molecule has 3 heterocycles. The monoisotopic (exact) mass is 391 g/mol. The molecule has 3 aliphatic heterocycles. The molecule has 1 aromatic rings. The molecule has 0 saturated carbocycles. The van der Waals surface area contributed by atoms with Gasteiger partial charge in [0.15, 0.2) is 17.5 Å². The maximum absolute atomic E-state index is 13.5. The van der Waals surface area contributed by atoms with E-state index in [-0.39, 0.29) is 11.7 Å². The van der Waals surface area contributed by atoms with Gasteiger partial charge in [0.05, 0.1) is 0 Å². The zero-order valence-electron chi connectivity index (χ0n) is 15.8. The van der Waals surface area contributed by atoms with E-state index in [4.69, 9.17) is 0 Å². The highest BCUT2D eigenvalue weighted by atomic mass is 19.2. The molecule has 28 heavy (non-hydrogen) atoms. The number of aldehydes is 1. The van der Waals surface area contributed by atoms with Gasteiger partial charge in [0.2, 0.25) is 0 Å². The molecule has 1 unspecified atom stereocenters. The number of anilines is 1. The van der Waals surface area contributed by atoms with Crippen molar-refractivity contribution < 1.29 is 18.0 Å². The molecule has 0 amide bonds. The number of hydrogen-bond acceptors (Lipinski definition) is 4. The van der Waals surface area contributed by atoms with Crippen LogP contribution in [0.25, 0.3) is 0 Å². The van der Waals surface area contributed by atoms with Crippen molar-refractivity contribution in [2.45, 2.75) is 18.9 Å². The predicted molar refractivity (Wildman–Crippen MR) is 103 cm³/mol. The molecule has 150 valence electrons. The van der Waals surface area contributed by atoms with E-state index in [2.05, 4.69) is 16.8 Å². The van der Waals surface area contributed by atoms with E-state index in [9.17, 15) is 18.0 Å². The largest absolute Gasteiger partial charge is 0.381 e. The van der Waals surface area contributed by atoms with Gasteiger partial charge in [-0.05, 0) is 44.0 Å². The Morgan fingerprint density at radius 1 is 1.25 bits per heavy atom. The van der Waals surface area contributed by atoms with Crippen molar-refractivity contribution in [3.63, 3.8) is 0 Å². The summed E-state index contributed by atoms with van der Waals surface area (Å²) in [7, 11) is 1.59. The number of halogens is 3. The van der Waals surface area contributed by atoms with Crippen LogP contribution in [0.5, 0.6) is 0 Å². The minimum atomic E-state index is -1.50. The average Bonchev–Trinajstić information content (AvgIpc) is 2.69. The molecule has 1 aromatic carbocycles. The quantitative estimate of drug-likeness (QED) is 0.335. The van der Waals surface area contributed by atoms with Crippen LogP contribution >= 0.6 is 0 Å². The third-order valence-electron chi connectivity index (χ3n) is 5.43. The summed E-state index contributed by atoms with van der Waals surface area (Å²) in [5, 5.41) is 3.44. The van der Waals surface area contributed by atoms with Crippen molar-refractivity contribution in [1.82, 2.24) is 10.2 Å². The Kier molecular flexibility index (Phi) is 6.24. The zero-order chi connectivity index (χ0) is 20.3. The number of fused-ring (bicyclic) bond motifs is 3. The summed E-state index contributed by atoms with van der Waals surface area (Å²) in [5.74, 6) is -3.44. The first-order valence-corrected chi connectivity index (χ1v) is 9.28. The first kappa shape index (κ1) is 20.2. The van der Waals surface area contributed by atoms with Crippen LogP contribution in [0.4, 0.5) is 18.9 Å². The molecule has 2 bridgehead atoms. The SMILES string of the molecule is C=C(NC1CN2CCC1CC2)C(/C=C\C=O)=C/N(C)c1cc(F)c(F)c(F)c1. The van der Waals surface area contributed by atoms with E-state index in [0.29, 0.717) is 23.5 Å². The first-order chi connectivity index (χ1) is 13.4. The molecule has 0 aliphatic carbocycles. The van der Waals surface area contributed by atoms with E-state index in [1.807, 2.05) is 0 Å². The van der Waals surface area contributed by atoms with Gasteiger partial charge >= 0.3 is 0 Å². The van der Waals surface area contributed by atoms with Gasteiger partial charge in [-0.2, -0.15) is 0 Å². The third-order valence-corrected chi connectivity index (χ3v) is 5.43. The molecule has 4 rings (SSSR count). The smallest absolute Gasteiger partial charge is 0.194 e. The summed E-state index contributed by atoms with van der Waals surface area (Å²) in [6.07, 6.45) is 7.44. The minimum Gasteiger partial charge on any atom is -0.381 e. The fraction of sp³-hybridized carbons (Fsp3) is 0.381. The van der Waals surface area contributed by atoms with Crippen LogP contribution in [-0.4, -0.2) is 43.9 Å². The average molecular weight is 391 g/mol. The summed E-state index contributed by atoms with van der Waals surface area (Å²) in [6, 6.07) is 2.10. The van der Waals surface area contributed by atoms with Crippen molar-refractivity contribution >= 4 is 12.0 Å². The zero-order valence-corrected chi connectivity index (χ0v) is 15.8. The molecular formula is C21H24F3N3O. The molecular weight excluding hydrogens is 367 g/mol. The van der Waals surface area contributed by atoms with Crippen LogP contribution < -0.4 is 10.2 Å². The van der Waals surface area contributed by atoms with Crippen LogP contribution in [0.15, 0.2) is 48.3 Å². The van der Waals surface area contributed by atoms with Crippen molar-refractivity contribution in [2.24, 2.45) is 5.92 Å². The lowest BCUT2D eigenvalue weighted by molar-refractivity contribution is -0.104. The highest BCUT2D eigenvalue weighted by molar-refractivity contribution is 5.67. The van der Waals surface area contributed by atoms with Gasteiger partial charge in [0.1, 0.15) is 6.29 Å². The van der Waals surface area contributed by atoms with Gasteiger partial charge in [-0.15, -0.1) is 0 Å². The Morgan fingerprint density at radius 3 is 2.43 bits per heavy atom. The summed E-state index contributed by atoms with van der Waals surface area (Å²) in [5.41, 5.74) is 1.35. The molecule has 4 nitrogen and oxygen atoms in total. The number of nitrogens with zero attached hydrogens (tertiary/aromatic N) is 2. The maximum atomic E-state index is 13.5. The van der Waals surface area contributed by atoms with Crippen LogP contribution in [0.3, 0.4) is 0 Å². The van der Waals surface area contributed by atoms with Crippen LogP contribution in [0.2, 0.25) is 0 Å². The standard InChI is InChI=1S/C21H24F3N3O/c1-14(25-20-13-27-7-5-15(20)6-8-27)16(4-3-9-28)12-26(2)17-10-18(22)21(24)19(23)11-17/h3-4,9-12,15,20,25H,1,5-8,13H2,2H3/b4-3-,16-12+. The number of benzene rings is 1. The molecule has 0 aromatic heterocycles. The fourth-order valence-electron chi connectivity index (χ4n) is 3.83. The lowest BCUT2D eigenvalue weighted by Gasteiger charge is -2.45. The maximum Gasteiger partial charge on any atom is 0.194 e. The third kappa shape index (κ3) is 4.47. The summed E-state index contributed by atoms with van der Waals surface area (Å²) < 4.78 is 40.3. The van der Waals surface area contributed by atoms with Gasteiger partial charge in [-0.3, -0.25) is 4.79 Å². The molecule has 1 N–H and O–H groups in total. The number of carbonyl (C=O) groups excluding carboxylic acids is 1. The van der Waals surface area contributed by atoms with Gasteiger partial charge in [-0.1, -0.05) is 6.58 Å². The Labute approximate surface area is 163 Å². The second-order valence-corrected chi connectivity index (χ2v) is 7.28. The molecule has 3 fully saturated rings. The van der Waals surface area contributed by atoms with Gasteiger partial charge in [-0.25, -0.2) is 13.2 Å². The number of hydrogen-bond donors (Lipinski definition) is 1. The molecule has 0 radical (unpaired) electrons. The number of nitrogens with one attached hydrogen (secondary N) is 1. The number of piperidine rings is 3. The van der Waals surface area contributed by atoms with Crippen molar-refractivity contribution in [2.75, 3.05) is 31.6 Å². The van der Waals surface area contributed by atoms with E-state index in [1.54, 1.807) is 19.3 Å². The van der Waals surface area contributed by atoms with Crippen molar-refractivity contribution in [1.29, 1.82) is 0 Å². The Hall–Kier alpha value is -2.54. The van der Waals surface area contributed by atoms with Gasteiger partial charge in [0.25, 0.3) is 0 Å².